The van der Waals surface area contributed by atoms with Crippen LogP contribution in [0, 0.1) is 0 Å². The molecular formula is C14H18ClNO2. The standard InChI is InChI=1S/C14H18ClNO2/c1-10(16(7-8-17)13-5-6-13)14(18)11-3-2-4-12(15)9-11/h2-4,9-10,13,17H,5-8H2,1H3. The summed E-state index contributed by atoms with van der Waals surface area (Å²) in [5, 5.41) is 9.66. The summed E-state index contributed by atoms with van der Waals surface area (Å²) in [6.07, 6.45) is 2.24. The van der Waals surface area contributed by atoms with Gasteiger partial charge >= 0.3 is 0 Å². The van der Waals surface area contributed by atoms with Crippen molar-refractivity contribution in [2.75, 3.05) is 13.2 Å². The summed E-state index contributed by atoms with van der Waals surface area (Å²) in [5.41, 5.74) is 0.638. The highest BCUT2D eigenvalue weighted by atomic mass is 35.5. The molecule has 0 bridgehead atoms. The largest absolute Gasteiger partial charge is 0.395 e. The zero-order chi connectivity index (χ0) is 13.1. The third kappa shape index (κ3) is 3.10. The van der Waals surface area contributed by atoms with E-state index in [2.05, 4.69) is 4.90 Å². The summed E-state index contributed by atoms with van der Waals surface area (Å²) in [6.45, 7) is 2.54. The van der Waals surface area contributed by atoms with Crippen LogP contribution in [-0.4, -0.2) is 41.0 Å². The third-order valence-electron chi connectivity index (χ3n) is 3.36. The molecule has 3 nitrogen and oxygen atoms in total. The van der Waals surface area contributed by atoms with E-state index in [9.17, 15) is 4.79 Å². The smallest absolute Gasteiger partial charge is 0.179 e. The van der Waals surface area contributed by atoms with Crippen molar-refractivity contribution >= 4 is 17.4 Å². The molecule has 0 amide bonds. The van der Waals surface area contributed by atoms with E-state index in [1.807, 2.05) is 6.92 Å². The highest BCUT2D eigenvalue weighted by Crippen LogP contribution is 2.29. The maximum atomic E-state index is 12.4. The van der Waals surface area contributed by atoms with Crippen molar-refractivity contribution in [2.24, 2.45) is 0 Å². The number of rotatable bonds is 6. The number of nitrogens with zero attached hydrogens (tertiary/aromatic N) is 1. The van der Waals surface area contributed by atoms with Gasteiger partial charge in [-0.25, -0.2) is 0 Å². The van der Waals surface area contributed by atoms with E-state index in [1.165, 1.54) is 0 Å². The van der Waals surface area contributed by atoms with Gasteiger partial charge in [-0.1, -0.05) is 23.7 Å². The second-order valence-corrected chi connectivity index (χ2v) is 5.18. The molecule has 0 heterocycles. The molecule has 1 N–H and O–H groups in total. The summed E-state index contributed by atoms with van der Waals surface area (Å²) in [7, 11) is 0. The second-order valence-electron chi connectivity index (χ2n) is 4.74. The molecule has 1 aliphatic rings. The predicted molar refractivity (Wildman–Crippen MR) is 72.1 cm³/mol. The van der Waals surface area contributed by atoms with Crippen LogP contribution in [0.3, 0.4) is 0 Å². The molecule has 1 fully saturated rings. The summed E-state index contributed by atoms with van der Waals surface area (Å²) in [4.78, 5) is 14.4. The van der Waals surface area contributed by atoms with E-state index in [1.54, 1.807) is 24.3 Å². The van der Waals surface area contributed by atoms with Crippen molar-refractivity contribution in [3.63, 3.8) is 0 Å². The van der Waals surface area contributed by atoms with Crippen molar-refractivity contribution in [3.8, 4) is 0 Å². The molecule has 98 valence electrons. The summed E-state index contributed by atoms with van der Waals surface area (Å²) < 4.78 is 0. The van der Waals surface area contributed by atoms with Gasteiger partial charge in [0.15, 0.2) is 5.78 Å². The minimum absolute atomic E-state index is 0.0675. The molecule has 1 aromatic carbocycles. The molecule has 0 saturated heterocycles. The molecule has 0 radical (unpaired) electrons. The monoisotopic (exact) mass is 267 g/mol. The number of ketones is 1. The van der Waals surface area contributed by atoms with Crippen LogP contribution < -0.4 is 0 Å². The van der Waals surface area contributed by atoms with E-state index in [-0.39, 0.29) is 18.4 Å². The van der Waals surface area contributed by atoms with Crippen LogP contribution in [0.25, 0.3) is 0 Å². The molecule has 1 unspecified atom stereocenters. The lowest BCUT2D eigenvalue weighted by molar-refractivity contribution is 0.0793. The topological polar surface area (TPSA) is 40.5 Å². The van der Waals surface area contributed by atoms with Gasteiger partial charge in [-0.05, 0) is 31.9 Å². The maximum absolute atomic E-state index is 12.4. The van der Waals surface area contributed by atoms with E-state index in [4.69, 9.17) is 16.7 Å². The lowest BCUT2D eigenvalue weighted by Crippen LogP contribution is -2.42. The molecule has 2 rings (SSSR count). The van der Waals surface area contributed by atoms with E-state index in [0.717, 1.165) is 12.8 Å². The van der Waals surface area contributed by atoms with Crippen molar-refractivity contribution in [2.45, 2.75) is 31.8 Å². The van der Waals surface area contributed by atoms with Gasteiger partial charge in [0.25, 0.3) is 0 Å². The first-order valence-electron chi connectivity index (χ1n) is 6.30. The quantitative estimate of drug-likeness (QED) is 0.805. The van der Waals surface area contributed by atoms with Crippen molar-refractivity contribution in [1.29, 1.82) is 0 Å². The van der Waals surface area contributed by atoms with Crippen molar-refractivity contribution in [3.05, 3.63) is 34.9 Å². The molecule has 0 aromatic heterocycles. The number of carbonyl (C=O) groups is 1. The number of aliphatic hydroxyl groups is 1. The van der Waals surface area contributed by atoms with Gasteiger partial charge in [-0.3, -0.25) is 9.69 Å². The van der Waals surface area contributed by atoms with Gasteiger partial charge < -0.3 is 5.11 Å². The average molecular weight is 268 g/mol. The summed E-state index contributed by atoms with van der Waals surface area (Å²) in [5.74, 6) is 0.0675. The number of benzene rings is 1. The van der Waals surface area contributed by atoms with Crippen molar-refractivity contribution in [1.82, 2.24) is 4.90 Å². The van der Waals surface area contributed by atoms with Gasteiger partial charge in [0.2, 0.25) is 0 Å². The molecule has 18 heavy (non-hydrogen) atoms. The normalized spacial score (nSPS) is 16.9. The first-order chi connectivity index (χ1) is 8.63. The molecule has 1 saturated carbocycles. The minimum atomic E-state index is -0.205. The van der Waals surface area contributed by atoms with E-state index < -0.39 is 0 Å². The molecule has 4 heteroatoms. The Kier molecular flexibility index (Phi) is 4.38. The van der Waals surface area contributed by atoms with Gasteiger partial charge in [0.05, 0.1) is 12.6 Å². The fraction of sp³-hybridized carbons (Fsp3) is 0.500. The number of hydrogen-bond acceptors (Lipinski definition) is 3. The molecule has 1 aliphatic carbocycles. The van der Waals surface area contributed by atoms with Crippen LogP contribution in [0.4, 0.5) is 0 Å². The second kappa shape index (κ2) is 5.83. The van der Waals surface area contributed by atoms with Crippen LogP contribution in [0.15, 0.2) is 24.3 Å². The van der Waals surface area contributed by atoms with Gasteiger partial charge in [0.1, 0.15) is 0 Å². The van der Waals surface area contributed by atoms with E-state index in [0.29, 0.717) is 23.2 Å². The SMILES string of the molecule is CC(C(=O)c1cccc(Cl)c1)N(CCO)C1CC1. The minimum Gasteiger partial charge on any atom is -0.395 e. The fourth-order valence-electron chi connectivity index (χ4n) is 2.25. The highest BCUT2D eigenvalue weighted by Gasteiger charge is 2.34. The molecule has 0 spiro atoms. The molecular weight excluding hydrogens is 250 g/mol. The molecule has 1 aromatic rings. The van der Waals surface area contributed by atoms with Crippen LogP contribution in [0.1, 0.15) is 30.1 Å². The van der Waals surface area contributed by atoms with Gasteiger partial charge in [-0.15, -0.1) is 0 Å². The number of Topliss-reactive ketones (excluding diaryl/α,β-unsaturated/α-hetero) is 1. The number of carbonyl (C=O) groups excluding carboxylic acids is 1. The van der Waals surface area contributed by atoms with Crippen LogP contribution in [-0.2, 0) is 0 Å². The van der Waals surface area contributed by atoms with Crippen LogP contribution in [0.2, 0.25) is 5.02 Å². The fourth-order valence-corrected chi connectivity index (χ4v) is 2.44. The Morgan fingerprint density at radius 1 is 1.56 bits per heavy atom. The van der Waals surface area contributed by atoms with Gasteiger partial charge in [-0.2, -0.15) is 0 Å². The predicted octanol–water partition coefficient (Wildman–Crippen LogP) is 2.37. The number of halogens is 1. The maximum Gasteiger partial charge on any atom is 0.179 e. The first-order valence-corrected chi connectivity index (χ1v) is 6.67. The number of hydrogen-bond donors (Lipinski definition) is 1. The highest BCUT2D eigenvalue weighted by molar-refractivity contribution is 6.31. The Bertz CT molecular complexity index is 432. The summed E-state index contributed by atoms with van der Waals surface area (Å²) >= 11 is 5.90. The Morgan fingerprint density at radius 3 is 2.83 bits per heavy atom. The Labute approximate surface area is 112 Å². The first kappa shape index (κ1) is 13.5. The van der Waals surface area contributed by atoms with Crippen molar-refractivity contribution < 1.29 is 9.90 Å². The number of aliphatic hydroxyl groups excluding tert-OH is 1. The third-order valence-corrected chi connectivity index (χ3v) is 3.60. The lowest BCUT2D eigenvalue weighted by Gasteiger charge is -2.27. The van der Waals surface area contributed by atoms with Gasteiger partial charge in [0, 0.05) is 23.2 Å². The van der Waals surface area contributed by atoms with Crippen LogP contribution >= 0.6 is 11.6 Å². The Morgan fingerprint density at radius 2 is 2.28 bits per heavy atom. The molecule has 0 aliphatic heterocycles. The average Bonchev–Trinajstić information content (AvgIpc) is 3.18. The molecule has 1 atom stereocenters. The Balaban J connectivity index is 2.11. The summed E-state index contributed by atoms with van der Waals surface area (Å²) in [6, 6.07) is 7.28. The van der Waals surface area contributed by atoms with E-state index >= 15 is 0 Å². The van der Waals surface area contributed by atoms with Crippen LogP contribution in [0.5, 0.6) is 0 Å². The Hall–Kier alpha value is -0.900. The zero-order valence-corrected chi connectivity index (χ0v) is 11.2. The zero-order valence-electron chi connectivity index (χ0n) is 10.5. The lowest BCUT2D eigenvalue weighted by atomic mass is 10.0.